The van der Waals surface area contributed by atoms with Crippen LogP contribution in [0.1, 0.15) is 91.2 Å². The Labute approximate surface area is 216 Å². The predicted octanol–water partition coefficient (Wildman–Crippen LogP) is 6.00. The van der Waals surface area contributed by atoms with E-state index >= 15 is 0 Å². The lowest BCUT2D eigenvalue weighted by Gasteiger charge is -2.21. The highest BCUT2D eigenvalue weighted by Gasteiger charge is 2.08. The van der Waals surface area contributed by atoms with Gasteiger partial charge in [-0.2, -0.15) is 0 Å². The molecule has 0 heterocycles. The lowest BCUT2D eigenvalue weighted by atomic mass is 9.98. The summed E-state index contributed by atoms with van der Waals surface area (Å²) in [7, 11) is 0. The van der Waals surface area contributed by atoms with Gasteiger partial charge in [-0.1, -0.05) is 56.0 Å². The van der Waals surface area contributed by atoms with E-state index < -0.39 is 0 Å². The van der Waals surface area contributed by atoms with Gasteiger partial charge in [0.15, 0.2) is 0 Å². The molecule has 196 valence electrons. The standard InChI is InChI=1S/C31H52N4/c1-25(33-21-13-20-30(3,4)5)14-10-9-11-17-29(32)19-18-27-15-12-16-28(24-27)26(2)34-22-23-35-31(6,7)8/h12,15-16,24,29,33-35H,1-2,9-11,14,17-19,21-23,32H2,3-8H3. The second-order valence-corrected chi connectivity index (χ2v) is 11.7. The minimum atomic E-state index is 0.0556. The van der Waals surface area contributed by atoms with E-state index in [0.717, 1.165) is 62.2 Å². The third kappa shape index (κ3) is 16.9. The maximum absolute atomic E-state index is 6.41. The van der Waals surface area contributed by atoms with E-state index in [1.165, 1.54) is 18.4 Å². The van der Waals surface area contributed by atoms with Crippen LogP contribution in [-0.4, -0.2) is 31.2 Å². The van der Waals surface area contributed by atoms with Crippen molar-refractivity contribution in [1.29, 1.82) is 0 Å². The Kier molecular flexibility index (Phi) is 13.8. The molecule has 0 aliphatic carbocycles. The minimum absolute atomic E-state index is 0.0556. The van der Waals surface area contributed by atoms with Gasteiger partial charge in [-0.3, -0.25) is 0 Å². The van der Waals surface area contributed by atoms with Gasteiger partial charge in [-0.15, -0.1) is 0 Å². The summed E-state index contributed by atoms with van der Waals surface area (Å²) in [4.78, 5) is 0. The maximum Gasteiger partial charge on any atom is 0.0763 e. The van der Waals surface area contributed by atoms with Crippen LogP contribution in [0.2, 0.25) is 0 Å². The fraction of sp³-hybridized carbons (Fsp3) is 0.613. The molecule has 0 amide bonds. The van der Waals surface area contributed by atoms with Crippen molar-refractivity contribution in [1.82, 2.24) is 16.0 Å². The van der Waals surface area contributed by atoms with Crippen LogP contribution in [0.3, 0.4) is 0 Å². The van der Waals surface area contributed by atoms with Crippen molar-refractivity contribution in [2.75, 3.05) is 19.6 Å². The lowest BCUT2D eigenvalue weighted by molar-refractivity contribution is 0.428. The number of aryl methyl sites for hydroxylation is 1. The molecule has 0 spiro atoms. The van der Waals surface area contributed by atoms with Crippen LogP contribution in [0, 0.1) is 17.3 Å². The molecule has 1 atom stereocenters. The predicted molar refractivity (Wildman–Crippen MR) is 155 cm³/mol. The zero-order valence-electron chi connectivity index (χ0n) is 23.4. The minimum Gasteiger partial charge on any atom is -0.384 e. The fourth-order valence-corrected chi connectivity index (χ4v) is 3.65. The molecule has 4 heteroatoms. The molecule has 35 heavy (non-hydrogen) atoms. The van der Waals surface area contributed by atoms with E-state index in [-0.39, 0.29) is 17.0 Å². The molecule has 0 aliphatic rings. The first kappa shape index (κ1) is 30.8. The van der Waals surface area contributed by atoms with Gasteiger partial charge in [0.1, 0.15) is 0 Å². The summed E-state index contributed by atoms with van der Waals surface area (Å²) in [6.07, 6.45) is 7.60. The highest BCUT2D eigenvalue weighted by Crippen LogP contribution is 2.16. The van der Waals surface area contributed by atoms with Crippen LogP contribution >= 0.6 is 0 Å². The van der Waals surface area contributed by atoms with Crippen molar-refractivity contribution in [3.63, 3.8) is 0 Å². The van der Waals surface area contributed by atoms with E-state index in [1.54, 1.807) is 0 Å². The number of allylic oxidation sites excluding steroid dienone is 1. The van der Waals surface area contributed by atoms with Crippen LogP contribution in [0.15, 0.2) is 43.1 Å². The summed E-state index contributed by atoms with van der Waals surface area (Å²) in [5.41, 5.74) is 11.1. The molecule has 1 rings (SSSR count). The van der Waals surface area contributed by atoms with Gasteiger partial charge in [0.25, 0.3) is 0 Å². The van der Waals surface area contributed by atoms with Crippen LogP contribution in [0.5, 0.6) is 0 Å². The third-order valence-electron chi connectivity index (χ3n) is 5.64. The molecule has 4 nitrogen and oxygen atoms in total. The van der Waals surface area contributed by atoms with Crippen LogP contribution in [0.25, 0.3) is 5.70 Å². The van der Waals surface area contributed by atoms with Crippen molar-refractivity contribution < 1.29 is 0 Å². The summed E-state index contributed by atoms with van der Waals surface area (Å²) in [6.45, 7) is 23.7. The SMILES string of the molecule is C=C(CCCCCC(N)CCc1cccc(C(=C)NCCNC(C)(C)C)c1)NCC#CC(C)(C)C. The average molecular weight is 481 g/mol. The van der Waals surface area contributed by atoms with Crippen molar-refractivity contribution in [2.45, 2.75) is 98.1 Å². The smallest absolute Gasteiger partial charge is 0.0763 e. The third-order valence-corrected chi connectivity index (χ3v) is 5.64. The summed E-state index contributed by atoms with van der Waals surface area (Å²) >= 11 is 0. The Balaban J connectivity index is 2.22. The number of hydrogen-bond acceptors (Lipinski definition) is 4. The first-order chi connectivity index (χ1) is 16.4. The number of rotatable bonds is 16. The van der Waals surface area contributed by atoms with Crippen molar-refractivity contribution in [3.05, 3.63) is 54.2 Å². The first-order valence-electron chi connectivity index (χ1n) is 13.3. The Morgan fingerprint density at radius 2 is 1.71 bits per heavy atom. The Hall–Kier alpha value is -2.22. The molecule has 0 fully saturated rings. The van der Waals surface area contributed by atoms with Gasteiger partial charge in [0, 0.05) is 41.5 Å². The molecule has 0 bridgehead atoms. The zero-order valence-corrected chi connectivity index (χ0v) is 23.4. The van der Waals surface area contributed by atoms with Gasteiger partial charge < -0.3 is 21.7 Å². The van der Waals surface area contributed by atoms with Crippen LogP contribution < -0.4 is 21.7 Å². The average Bonchev–Trinajstić information content (AvgIpc) is 2.77. The molecule has 1 unspecified atom stereocenters. The number of nitrogens with two attached hydrogens (primary N) is 1. The molecule has 0 saturated carbocycles. The second-order valence-electron chi connectivity index (χ2n) is 11.7. The highest BCUT2D eigenvalue weighted by molar-refractivity contribution is 5.62. The van der Waals surface area contributed by atoms with E-state index in [0.29, 0.717) is 6.54 Å². The largest absolute Gasteiger partial charge is 0.384 e. The van der Waals surface area contributed by atoms with Crippen molar-refractivity contribution >= 4 is 5.70 Å². The molecule has 0 aliphatic heterocycles. The molecule has 0 radical (unpaired) electrons. The second kappa shape index (κ2) is 15.7. The van der Waals surface area contributed by atoms with Crippen molar-refractivity contribution in [3.8, 4) is 11.8 Å². The van der Waals surface area contributed by atoms with Gasteiger partial charge in [-0.05, 0) is 90.8 Å². The Morgan fingerprint density at radius 1 is 0.971 bits per heavy atom. The van der Waals surface area contributed by atoms with Gasteiger partial charge in [0.05, 0.1) is 6.54 Å². The zero-order chi connectivity index (χ0) is 26.3. The molecular formula is C31H52N4. The Bertz CT molecular complexity index is 830. The highest BCUT2D eigenvalue weighted by atomic mass is 15.0. The Morgan fingerprint density at radius 3 is 2.40 bits per heavy atom. The van der Waals surface area contributed by atoms with Crippen LogP contribution in [0.4, 0.5) is 0 Å². The van der Waals surface area contributed by atoms with E-state index in [9.17, 15) is 0 Å². The molecule has 0 saturated heterocycles. The summed E-state index contributed by atoms with van der Waals surface area (Å²) in [5.74, 6) is 6.41. The first-order valence-corrected chi connectivity index (χ1v) is 13.3. The van der Waals surface area contributed by atoms with Crippen LogP contribution in [-0.2, 0) is 6.42 Å². The number of hydrogen-bond donors (Lipinski definition) is 4. The van der Waals surface area contributed by atoms with E-state index in [1.807, 2.05) is 0 Å². The molecule has 1 aromatic carbocycles. The molecule has 5 N–H and O–H groups in total. The number of benzene rings is 1. The normalized spacial score (nSPS) is 12.4. The quantitative estimate of drug-likeness (QED) is 0.173. The van der Waals surface area contributed by atoms with Gasteiger partial charge >= 0.3 is 0 Å². The van der Waals surface area contributed by atoms with Crippen molar-refractivity contribution in [2.24, 2.45) is 11.1 Å². The van der Waals surface area contributed by atoms with Gasteiger partial charge in [0.2, 0.25) is 0 Å². The fourth-order valence-electron chi connectivity index (χ4n) is 3.65. The van der Waals surface area contributed by atoms with E-state index in [2.05, 4.69) is 107 Å². The summed E-state index contributed by atoms with van der Waals surface area (Å²) in [5, 5.41) is 10.2. The molecular weight excluding hydrogens is 428 g/mol. The number of nitrogens with one attached hydrogen (secondary N) is 3. The topological polar surface area (TPSA) is 62.1 Å². The molecule has 1 aromatic rings. The monoisotopic (exact) mass is 480 g/mol. The van der Waals surface area contributed by atoms with Gasteiger partial charge in [-0.25, -0.2) is 0 Å². The maximum atomic E-state index is 6.41. The summed E-state index contributed by atoms with van der Waals surface area (Å²) < 4.78 is 0. The molecule has 0 aromatic heterocycles. The number of unbranched alkanes of at least 4 members (excludes halogenated alkanes) is 2. The van der Waals surface area contributed by atoms with E-state index in [4.69, 9.17) is 5.73 Å². The summed E-state index contributed by atoms with van der Waals surface area (Å²) in [6, 6.07) is 8.92. The lowest BCUT2D eigenvalue weighted by Crippen LogP contribution is -2.39.